The molecule has 0 aliphatic carbocycles. The van der Waals surface area contributed by atoms with Crippen LogP contribution in [0.1, 0.15) is 34.0 Å². The molecule has 1 heterocycles. The van der Waals surface area contributed by atoms with Crippen molar-refractivity contribution in [2.45, 2.75) is 25.6 Å². The Morgan fingerprint density at radius 2 is 1.79 bits per heavy atom. The lowest BCUT2D eigenvalue weighted by Gasteiger charge is -2.26. The van der Waals surface area contributed by atoms with E-state index in [1.54, 1.807) is 30.3 Å². The molecule has 1 aliphatic rings. The van der Waals surface area contributed by atoms with Crippen LogP contribution >= 0.6 is 0 Å². The number of amides is 2. The van der Waals surface area contributed by atoms with Gasteiger partial charge in [0.25, 0.3) is 11.8 Å². The lowest BCUT2D eigenvalue weighted by atomic mass is 10.1. The van der Waals surface area contributed by atoms with Crippen molar-refractivity contribution in [2.24, 2.45) is 0 Å². The van der Waals surface area contributed by atoms with E-state index in [2.05, 4.69) is 34.2 Å². The van der Waals surface area contributed by atoms with Crippen LogP contribution in [0.25, 0.3) is 6.08 Å². The molecular formula is C26H29N3O5. The van der Waals surface area contributed by atoms with Gasteiger partial charge >= 0.3 is 0 Å². The summed E-state index contributed by atoms with van der Waals surface area (Å²) in [5.74, 6) is 4.69. The molecule has 2 amide bonds. The average Bonchev–Trinajstić information content (AvgIpc) is 2.86. The molecule has 1 fully saturated rings. The number of rotatable bonds is 7. The molecule has 178 valence electrons. The van der Waals surface area contributed by atoms with Crippen molar-refractivity contribution in [3.63, 3.8) is 0 Å². The van der Waals surface area contributed by atoms with Crippen LogP contribution in [-0.4, -0.2) is 65.5 Å². The summed E-state index contributed by atoms with van der Waals surface area (Å²) >= 11 is 0. The molecule has 2 aromatic carbocycles. The summed E-state index contributed by atoms with van der Waals surface area (Å²) < 4.78 is 5.38. The van der Waals surface area contributed by atoms with Crippen molar-refractivity contribution in [1.29, 1.82) is 0 Å². The zero-order valence-electron chi connectivity index (χ0n) is 19.0. The highest BCUT2D eigenvalue weighted by Crippen LogP contribution is 2.10. The van der Waals surface area contributed by atoms with E-state index in [-0.39, 0.29) is 0 Å². The molecule has 4 N–H and O–H groups in total. The third kappa shape index (κ3) is 7.54. The summed E-state index contributed by atoms with van der Waals surface area (Å²) in [6, 6.07) is 13.7. The molecular weight excluding hydrogens is 434 g/mol. The van der Waals surface area contributed by atoms with Crippen LogP contribution in [-0.2, 0) is 16.1 Å². The zero-order valence-corrected chi connectivity index (χ0v) is 19.0. The number of aliphatic hydroxyl groups is 1. The molecule has 0 unspecified atom stereocenters. The Labute approximate surface area is 199 Å². The van der Waals surface area contributed by atoms with Crippen molar-refractivity contribution >= 4 is 17.9 Å². The summed E-state index contributed by atoms with van der Waals surface area (Å²) in [6.07, 6.45) is 2.41. The highest BCUT2D eigenvalue weighted by Gasteiger charge is 2.25. The maximum atomic E-state index is 12.3. The normalized spacial score (nSPS) is 15.7. The Morgan fingerprint density at radius 3 is 2.41 bits per heavy atom. The van der Waals surface area contributed by atoms with Crippen LogP contribution in [0.2, 0.25) is 0 Å². The maximum Gasteiger partial charge on any atom is 0.268 e. The summed E-state index contributed by atoms with van der Waals surface area (Å²) in [4.78, 5) is 26.2. The van der Waals surface area contributed by atoms with E-state index in [4.69, 9.17) is 9.94 Å². The molecule has 34 heavy (non-hydrogen) atoms. The smallest absolute Gasteiger partial charge is 0.268 e. The van der Waals surface area contributed by atoms with E-state index >= 15 is 0 Å². The van der Waals surface area contributed by atoms with Gasteiger partial charge in [-0.15, -0.1) is 0 Å². The van der Waals surface area contributed by atoms with Gasteiger partial charge in [-0.25, -0.2) is 5.48 Å². The van der Waals surface area contributed by atoms with E-state index in [0.29, 0.717) is 5.56 Å². The van der Waals surface area contributed by atoms with Gasteiger partial charge in [0.05, 0.1) is 19.3 Å². The molecule has 3 rings (SSSR count). The number of nitrogens with one attached hydrogen (secondary N) is 2. The molecule has 0 saturated carbocycles. The minimum atomic E-state index is -1.26. The van der Waals surface area contributed by atoms with Crippen LogP contribution in [0, 0.1) is 11.8 Å². The minimum Gasteiger partial charge on any atom is -0.391 e. The first-order valence-corrected chi connectivity index (χ1v) is 11.1. The quantitative estimate of drug-likeness (QED) is 0.282. The topological polar surface area (TPSA) is 111 Å². The van der Waals surface area contributed by atoms with Crippen molar-refractivity contribution in [3.8, 4) is 11.8 Å². The monoisotopic (exact) mass is 463 g/mol. The number of carbonyl (C=O) groups is 2. The van der Waals surface area contributed by atoms with Crippen LogP contribution in [0.4, 0.5) is 0 Å². The van der Waals surface area contributed by atoms with Gasteiger partial charge in [0.1, 0.15) is 6.04 Å². The number of ether oxygens (including phenoxy) is 1. The number of carbonyl (C=O) groups excluding carboxylic acids is 2. The molecule has 1 aliphatic heterocycles. The largest absolute Gasteiger partial charge is 0.391 e. The Kier molecular flexibility index (Phi) is 9.38. The van der Waals surface area contributed by atoms with Gasteiger partial charge < -0.3 is 15.2 Å². The second-order valence-electron chi connectivity index (χ2n) is 7.98. The fraction of sp³-hybridized carbons (Fsp3) is 0.308. The lowest BCUT2D eigenvalue weighted by Crippen LogP contribution is -2.51. The zero-order chi connectivity index (χ0) is 24.3. The highest BCUT2D eigenvalue weighted by molar-refractivity contribution is 5.97. The predicted molar refractivity (Wildman–Crippen MR) is 128 cm³/mol. The molecule has 8 heteroatoms. The van der Waals surface area contributed by atoms with Gasteiger partial charge in [0.15, 0.2) is 0 Å². The van der Waals surface area contributed by atoms with E-state index in [9.17, 15) is 14.7 Å². The van der Waals surface area contributed by atoms with Gasteiger partial charge in [-0.05, 0) is 54.5 Å². The van der Waals surface area contributed by atoms with Gasteiger partial charge in [-0.2, -0.15) is 0 Å². The Hall–Kier alpha value is -3.48. The highest BCUT2D eigenvalue weighted by atomic mass is 16.5. The number of benzene rings is 2. The number of morpholine rings is 1. The Bertz CT molecular complexity index is 1050. The van der Waals surface area contributed by atoms with E-state index < -0.39 is 24.0 Å². The first-order chi connectivity index (χ1) is 16.5. The summed E-state index contributed by atoms with van der Waals surface area (Å²) in [5.41, 5.74) is 4.79. The molecule has 1 saturated heterocycles. The van der Waals surface area contributed by atoms with Crippen molar-refractivity contribution < 1.29 is 24.6 Å². The van der Waals surface area contributed by atoms with Gasteiger partial charge in [0, 0.05) is 30.8 Å². The van der Waals surface area contributed by atoms with Crippen LogP contribution in [0.5, 0.6) is 0 Å². The minimum absolute atomic E-state index is 0.316. The molecule has 2 aromatic rings. The van der Waals surface area contributed by atoms with Crippen LogP contribution < -0.4 is 10.8 Å². The van der Waals surface area contributed by atoms with Crippen LogP contribution in [0.3, 0.4) is 0 Å². The van der Waals surface area contributed by atoms with E-state index in [1.807, 2.05) is 18.2 Å². The maximum absolute atomic E-state index is 12.3. The fourth-order valence-electron chi connectivity index (χ4n) is 3.42. The Morgan fingerprint density at radius 1 is 1.12 bits per heavy atom. The standard InChI is InChI=1S/C26H29N3O5/c1-19(30)24(26(32)28-33)27-25(31)23-12-10-21(11-13-23)5-3-2-4-20-6-8-22(9-7-20)18-29-14-16-34-17-15-29/h3,5-13,19,24,30,33H,14-18H2,1H3,(H,27,31)(H,28,32)/t19-,24+/m1/s1. The summed E-state index contributed by atoms with van der Waals surface area (Å²) in [5, 5.41) is 20.7. The fourth-order valence-corrected chi connectivity index (χ4v) is 3.42. The number of hydrogen-bond acceptors (Lipinski definition) is 6. The average molecular weight is 464 g/mol. The summed E-state index contributed by atoms with van der Waals surface area (Å²) in [7, 11) is 0. The molecule has 0 radical (unpaired) electrons. The van der Waals surface area contributed by atoms with Crippen molar-refractivity contribution in [2.75, 3.05) is 26.3 Å². The first-order valence-electron chi connectivity index (χ1n) is 11.1. The number of hydrogen-bond donors (Lipinski definition) is 4. The number of nitrogens with zero attached hydrogens (tertiary/aromatic N) is 1. The predicted octanol–water partition coefficient (Wildman–Crippen LogP) is 1.57. The lowest BCUT2D eigenvalue weighted by molar-refractivity contribution is -0.133. The van der Waals surface area contributed by atoms with E-state index in [1.165, 1.54) is 18.0 Å². The summed E-state index contributed by atoms with van der Waals surface area (Å²) in [6.45, 7) is 5.76. The number of allylic oxidation sites excluding steroid dienone is 1. The van der Waals surface area contributed by atoms with Crippen LogP contribution in [0.15, 0.2) is 54.6 Å². The van der Waals surface area contributed by atoms with Crippen molar-refractivity contribution in [1.82, 2.24) is 15.7 Å². The van der Waals surface area contributed by atoms with Gasteiger partial charge in [-0.1, -0.05) is 36.1 Å². The number of hydroxylamine groups is 1. The van der Waals surface area contributed by atoms with Crippen molar-refractivity contribution in [3.05, 3.63) is 76.9 Å². The molecule has 0 bridgehead atoms. The molecule has 0 aromatic heterocycles. The third-order valence-corrected chi connectivity index (χ3v) is 5.37. The number of aliphatic hydroxyl groups excluding tert-OH is 1. The second kappa shape index (κ2) is 12.7. The molecule has 0 spiro atoms. The SMILES string of the molecule is C[C@@H](O)[C@H](NC(=O)c1ccc(C=CC#Cc2ccc(CN3CCOCC3)cc2)cc1)C(=O)NO. The van der Waals surface area contributed by atoms with E-state index in [0.717, 1.165) is 44.0 Å². The third-order valence-electron chi connectivity index (χ3n) is 5.37. The van der Waals surface area contributed by atoms with Gasteiger partial charge in [-0.3, -0.25) is 19.7 Å². The Balaban J connectivity index is 1.52. The molecule has 8 nitrogen and oxygen atoms in total. The first kappa shape index (κ1) is 25.1. The van der Waals surface area contributed by atoms with Gasteiger partial charge in [0.2, 0.25) is 0 Å². The second-order valence-corrected chi connectivity index (χ2v) is 7.98. The molecule has 2 atom stereocenters.